The van der Waals surface area contributed by atoms with E-state index >= 15 is 0 Å². The first-order chi connectivity index (χ1) is 13.1. The minimum absolute atomic E-state index is 0.00187. The normalized spacial score (nSPS) is 22.0. The summed E-state index contributed by atoms with van der Waals surface area (Å²) in [5.74, 6) is -2.74. The van der Waals surface area contributed by atoms with Gasteiger partial charge in [-0.2, -0.15) is 0 Å². The number of amides is 2. The summed E-state index contributed by atoms with van der Waals surface area (Å²) in [5.41, 5.74) is -0.672. The average Bonchev–Trinajstić information content (AvgIpc) is 3.28. The first-order valence-electron chi connectivity index (χ1n) is 7.99. The second kappa shape index (κ2) is 6.38. The highest BCUT2D eigenvalue weighted by Crippen LogP contribution is 2.42. The summed E-state index contributed by atoms with van der Waals surface area (Å²) < 4.78 is 60.0. The Kier molecular flexibility index (Phi) is 4.34. The van der Waals surface area contributed by atoms with Crippen molar-refractivity contribution in [2.24, 2.45) is 0 Å². The van der Waals surface area contributed by atoms with Crippen LogP contribution in [-0.4, -0.2) is 48.5 Å². The Balaban J connectivity index is 1.64. The van der Waals surface area contributed by atoms with Crippen LogP contribution in [-0.2, 0) is 4.74 Å². The van der Waals surface area contributed by atoms with Gasteiger partial charge in [-0.15, -0.1) is 24.5 Å². The number of likely N-dealkylation sites (tertiary alicyclic amines) is 1. The Morgan fingerprint density at radius 3 is 2.79 bits per heavy atom. The molecule has 150 valence electrons. The largest absolute Gasteiger partial charge is 0.573 e. The number of halogens is 5. The number of carbonyl (C=O) groups is 2. The van der Waals surface area contributed by atoms with Gasteiger partial charge in [0.1, 0.15) is 11.5 Å². The number of carbonyl (C=O) groups excluding carboxylic acids is 2. The summed E-state index contributed by atoms with van der Waals surface area (Å²) in [4.78, 5) is 25.6. The van der Waals surface area contributed by atoms with Gasteiger partial charge >= 0.3 is 12.5 Å². The third-order valence-corrected chi connectivity index (χ3v) is 6.30. The summed E-state index contributed by atoms with van der Waals surface area (Å²) in [6, 6.07) is 1.99. The van der Waals surface area contributed by atoms with Gasteiger partial charge in [-0.1, -0.05) is 11.6 Å². The van der Waals surface area contributed by atoms with Crippen molar-refractivity contribution in [3.8, 4) is 5.75 Å². The summed E-state index contributed by atoms with van der Waals surface area (Å²) >= 11 is 6.85. The van der Waals surface area contributed by atoms with Crippen LogP contribution in [0.5, 0.6) is 5.75 Å². The first kappa shape index (κ1) is 19.1. The predicted octanol–water partition coefficient (Wildman–Crippen LogP) is 3.92. The van der Waals surface area contributed by atoms with Crippen LogP contribution >= 0.6 is 22.9 Å². The lowest BCUT2D eigenvalue weighted by molar-refractivity contribution is -0.275. The monoisotopic (exact) mass is 438 g/mol. The van der Waals surface area contributed by atoms with Crippen molar-refractivity contribution in [1.82, 2.24) is 10.2 Å². The molecule has 2 amide bonds. The molecule has 1 N–H and O–H groups in total. The number of cyclic esters (lactones) is 1. The van der Waals surface area contributed by atoms with Crippen LogP contribution in [0.3, 0.4) is 0 Å². The highest BCUT2D eigenvalue weighted by atomic mass is 35.5. The number of thiophene rings is 1. The van der Waals surface area contributed by atoms with Gasteiger partial charge in [-0.3, -0.25) is 4.79 Å². The van der Waals surface area contributed by atoms with Gasteiger partial charge in [-0.25, -0.2) is 9.18 Å². The molecule has 28 heavy (non-hydrogen) atoms. The van der Waals surface area contributed by atoms with Crippen molar-refractivity contribution in [2.75, 3.05) is 19.7 Å². The molecule has 1 aromatic carbocycles. The van der Waals surface area contributed by atoms with Crippen LogP contribution in [0.2, 0.25) is 5.02 Å². The molecule has 2 aromatic rings. The summed E-state index contributed by atoms with van der Waals surface area (Å²) in [7, 11) is 0. The zero-order valence-electron chi connectivity index (χ0n) is 13.9. The Hall–Kier alpha value is -2.27. The quantitative estimate of drug-likeness (QED) is 0.722. The maximum absolute atomic E-state index is 14.5. The third-order valence-electron chi connectivity index (χ3n) is 4.61. The van der Waals surface area contributed by atoms with Crippen LogP contribution in [0.4, 0.5) is 22.4 Å². The molecule has 2 saturated heterocycles. The summed E-state index contributed by atoms with van der Waals surface area (Å²) in [5, 5.41) is 2.75. The maximum Gasteiger partial charge on any atom is 0.573 e. The molecule has 4 rings (SSSR count). The Labute approximate surface area is 163 Å². The van der Waals surface area contributed by atoms with Crippen LogP contribution < -0.4 is 10.1 Å². The summed E-state index contributed by atoms with van der Waals surface area (Å²) in [6.07, 6.45) is -5.13. The fraction of sp³-hybridized carbons (Fsp3) is 0.375. The lowest BCUT2D eigenvalue weighted by atomic mass is 10.0. The van der Waals surface area contributed by atoms with E-state index in [-0.39, 0.29) is 33.1 Å². The van der Waals surface area contributed by atoms with Crippen LogP contribution in [0, 0.1) is 5.82 Å². The molecule has 0 radical (unpaired) electrons. The SMILES string of the molecule is O=C1NC2(CCN(C(=O)c3sc4c(F)c(OC(F)(F)F)ccc4c3Cl)C2)CO1. The number of ether oxygens (including phenoxy) is 2. The average molecular weight is 439 g/mol. The van der Waals surface area contributed by atoms with Crippen LogP contribution in [0.15, 0.2) is 12.1 Å². The highest BCUT2D eigenvalue weighted by Gasteiger charge is 2.47. The molecule has 2 aliphatic rings. The molecular weight excluding hydrogens is 428 g/mol. The van der Waals surface area contributed by atoms with E-state index in [9.17, 15) is 27.2 Å². The number of alkyl halides is 3. The van der Waals surface area contributed by atoms with Gasteiger partial charge in [0.05, 0.1) is 15.3 Å². The molecule has 12 heteroatoms. The number of rotatable bonds is 2. The van der Waals surface area contributed by atoms with Crippen molar-refractivity contribution in [3.63, 3.8) is 0 Å². The van der Waals surface area contributed by atoms with Crippen LogP contribution in [0.1, 0.15) is 16.1 Å². The second-order valence-corrected chi connectivity index (χ2v) is 7.90. The van der Waals surface area contributed by atoms with E-state index < -0.39 is 35.5 Å². The fourth-order valence-electron chi connectivity index (χ4n) is 3.32. The van der Waals surface area contributed by atoms with Crippen molar-refractivity contribution in [3.05, 3.63) is 27.8 Å². The molecule has 0 aliphatic carbocycles. The molecular formula is C16H11ClF4N2O4S. The first-order valence-corrected chi connectivity index (χ1v) is 9.18. The number of benzene rings is 1. The fourth-order valence-corrected chi connectivity index (χ4v) is 4.82. The number of hydrogen-bond donors (Lipinski definition) is 1. The van der Waals surface area contributed by atoms with E-state index in [1.54, 1.807) is 0 Å². The molecule has 2 fully saturated rings. The van der Waals surface area contributed by atoms with Gasteiger partial charge in [0, 0.05) is 18.5 Å². The van der Waals surface area contributed by atoms with E-state index in [4.69, 9.17) is 16.3 Å². The zero-order chi connectivity index (χ0) is 20.3. The third kappa shape index (κ3) is 3.22. The van der Waals surface area contributed by atoms with E-state index in [1.807, 2.05) is 0 Å². The lowest BCUT2D eigenvalue weighted by Crippen LogP contribution is -2.46. The molecule has 0 saturated carbocycles. The zero-order valence-corrected chi connectivity index (χ0v) is 15.4. The van der Waals surface area contributed by atoms with Gasteiger partial charge in [0.2, 0.25) is 0 Å². The Morgan fingerprint density at radius 2 is 2.14 bits per heavy atom. The molecule has 1 atom stereocenters. The predicted molar refractivity (Wildman–Crippen MR) is 91.2 cm³/mol. The summed E-state index contributed by atoms with van der Waals surface area (Å²) in [6.45, 7) is 0.632. The minimum atomic E-state index is -5.05. The molecule has 0 bridgehead atoms. The van der Waals surface area contributed by atoms with Crippen molar-refractivity contribution < 1.29 is 36.6 Å². The number of nitrogens with zero attached hydrogens (tertiary/aromatic N) is 1. The Bertz CT molecular complexity index is 995. The van der Waals surface area contributed by atoms with Gasteiger partial charge in [0.25, 0.3) is 5.91 Å². The van der Waals surface area contributed by atoms with Crippen molar-refractivity contribution in [2.45, 2.75) is 18.3 Å². The maximum atomic E-state index is 14.5. The van der Waals surface area contributed by atoms with Gasteiger partial charge < -0.3 is 19.7 Å². The molecule has 1 aromatic heterocycles. The van der Waals surface area contributed by atoms with Gasteiger partial charge in [0.15, 0.2) is 11.6 Å². The molecule has 1 unspecified atom stereocenters. The standard InChI is InChI=1S/C16H11ClF4N2O4S/c17-9-7-1-2-8(27-16(19,20)21)10(18)11(7)28-12(9)13(24)23-4-3-15(5-23)6-26-14(25)22-15/h1-2H,3-6H2,(H,22,25). The van der Waals surface area contributed by atoms with Crippen LogP contribution in [0.25, 0.3) is 10.1 Å². The Morgan fingerprint density at radius 1 is 1.39 bits per heavy atom. The molecule has 3 heterocycles. The molecule has 2 aliphatic heterocycles. The van der Waals surface area contributed by atoms with E-state index in [0.717, 1.165) is 6.07 Å². The molecule has 6 nitrogen and oxygen atoms in total. The van der Waals surface area contributed by atoms with E-state index in [1.165, 1.54) is 11.0 Å². The second-order valence-electron chi connectivity index (χ2n) is 6.51. The number of hydrogen-bond acceptors (Lipinski definition) is 5. The number of nitrogens with one attached hydrogen (secondary N) is 1. The number of fused-ring (bicyclic) bond motifs is 1. The minimum Gasteiger partial charge on any atom is -0.447 e. The van der Waals surface area contributed by atoms with Crippen molar-refractivity contribution in [1.29, 1.82) is 0 Å². The van der Waals surface area contributed by atoms with E-state index in [0.29, 0.717) is 24.3 Å². The van der Waals surface area contributed by atoms with Gasteiger partial charge in [-0.05, 0) is 18.6 Å². The lowest BCUT2D eigenvalue weighted by Gasteiger charge is -2.21. The smallest absolute Gasteiger partial charge is 0.447 e. The highest BCUT2D eigenvalue weighted by molar-refractivity contribution is 7.21. The van der Waals surface area contributed by atoms with E-state index in [2.05, 4.69) is 10.1 Å². The molecule has 1 spiro atoms. The number of alkyl carbamates (subject to hydrolysis) is 1. The van der Waals surface area contributed by atoms with Crippen molar-refractivity contribution >= 4 is 45.0 Å². The topological polar surface area (TPSA) is 67.9 Å².